The second kappa shape index (κ2) is 7.75. The molecule has 0 radical (unpaired) electrons. The van der Waals surface area contributed by atoms with Crippen molar-refractivity contribution in [3.63, 3.8) is 0 Å². The molecular formula is C20H21FN4O3. The van der Waals surface area contributed by atoms with Crippen LogP contribution in [0.15, 0.2) is 30.6 Å². The number of carbonyl (C=O) groups is 1. The molecule has 0 spiro atoms. The number of benzene rings is 1. The summed E-state index contributed by atoms with van der Waals surface area (Å²) in [5, 5.41) is 9.59. The highest BCUT2D eigenvalue weighted by atomic mass is 19.1. The predicted molar refractivity (Wildman–Crippen MR) is 102 cm³/mol. The first kappa shape index (κ1) is 19.5. The zero-order chi connectivity index (χ0) is 20.4. The first-order valence-electron chi connectivity index (χ1n) is 8.79. The lowest BCUT2D eigenvalue weighted by molar-refractivity contribution is 0.0683. The van der Waals surface area contributed by atoms with Crippen LogP contribution in [0.4, 0.5) is 4.39 Å². The Balaban J connectivity index is 2.19. The van der Waals surface area contributed by atoms with Crippen LogP contribution in [0.5, 0.6) is 5.75 Å². The number of halogens is 1. The van der Waals surface area contributed by atoms with Gasteiger partial charge in [0, 0.05) is 6.54 Å². The first-order chi connectivity index (χ1) is 13.3. The molecule has 3 aromatic rings. The highest BCUT2D eigenvalue weighted by Crippen LogP contribution is 2.32. The van der Waals surface area contributed by atoms with Crippen LogP contribution in [0, 0.1) is 18.7 Å². The number of hydrogen-bond acceptors (Lipinski definition) is 5. The Morgan fingerprint density at radius 1 is 1.25 bits per heavy atom. The molecule has 0 saturated heterocycles. The van der Waals surface area contributed by atoms with Gasteiger partial charge in [-0.3, -0.25) is 4.98 Å². The lowest BCUT2D eigenvalue weighted by Crippen LogP contribution is -2.14. The molecule has 0 unspecified atom stereocenters. The van der Waals surface area contributed by atoms with Crippen LogP contribution in [0.2, 0.25) is 0 Å². The highest BCUT2D eigenvalue weighted by Gasteiger charge is 2.23. The van der Waals surface area contributed by atoms with Gasteiger partial charge in [0.15, 0.2) is 11.5 Å². The zero-order valence-corrected chi connectivity index (χ0v) is 16.1. The number of rotatable bonds is 6. The summed E-state index contributed by atoms with van der Waals surface area (Å²) >= 11 is 0. The van der Waals surface area contributed by atoms with Crippen molar-refractivity contribution >= 4 is 5.97 Å². The van der Waals surface area contributed by atoms with Gasteiger partial charge < -0.3 is 14.4 Å². The smallest absolute Gasteiger partial charge is 0.354 e. The van der Waals surface area contributed by atoms with E-state index in [0.29, 0.717) is 29.5 Å². The van der Waals surface area contributed by atoms with E-state index in [-0.39, 0.29) is 22.9 Å². The molecular weight excluding hydrogens is 363 g/mol. The molecule has 1 N–H and O–H groups in total. The Bertz CT molecular complexity index is 1030. The molecule has 0 saturated carbocycles. The summed E-state index contributed by atoms with van der Waals surface area (Å²) in [7, 11) is 1.45. The lowest BCUT2D eigenvalue weighted by Gasteiger charge is -2.13. The van der Waals surface area contributed by atoms with Crippen molar-refractivity contribution in [3.8, 4) is 28.5 Å². The summed E-state index contributed by atoms with van der Waals surface area (Å²) < 4.78 is 21.3. The highest BCUT2D eigenvalue weighted by molar-refractivity contribution is 5.88. The number of imidazole rings is 1. The van der Waals surface area contributed by atoms with Crippen molar-refractivity contribution in [1.82, 2.24) is 19.5 Å². The maximum atomic E-state index is 14.4. The Kier molecular flexibility index (Phi) is 5.39. The third kappa shape index (κ3) is 3.58. The molecule has 2 heterocycles. The average molecular weight is 384 g/mol. The molecule has 0 fully saturated rings. The number of methoxy groups -OCH3 is 1. The van der Waals surface area contributed by atoms with Crippen molar-refractivity contribution in [2.75, 3.05) is 7.11 Å². The quantitative estimate of drug-likeness (QED) is 0.695. The molecule has 3 rings (SSSR count). The molecule has 0 aliphatic carbocycles. The van der Waals surface area contributed by atoms with Gasteiger partial charge in [-0.1, -0.05) is 19.9 Å². The molecule has 8 heteroatoms. The van der Waals surface area contributed by atoms with Crippen LogP contribution in [0.1, 0.15) is 30.0 Å². The summed E-state index contributed by atoms with van der Waals surface area (Å²) in [6, 6.07) is 4.50. The van der Waals surface area contributed by atoms with Crippen molar-refractivity contribution < 1.29 is 19.0 Å². The first-order valence-corrected chi connectivity index (χ1v) is 8.79. The Labute approximate surface area is 161 Å². The van der Waals surface area contributed by atoms with E-state index in [1.807, 2.05) is 13.8 Å². The van der Waals surface area contributed by atoms with Gasteiger partial charge in [-0.15, -0.1) is 0 Å². The van der Waals surface area contributed by atoms with E-state index in [4.69, 9.17) is 4.74 Å². The van der Waals surface area contributed by atoms with Crippen LogP contribution in [0.25, 0.3) is 22.8 Å². The van der Waals surface area contributed by atoms with Crippen molar-refractivity contribution in [3.05, 3.63) is 47.8 Å². The normalized spacial score (nSPS) is 11.1. The Morgan fingerprint density at radius 2 is 1.96 bits per heavy atom. The number of aromatic carboxylic acids is 1. The van der Waals surface area contributed by atoms with Gasteiger partial charge in [0.25, 0.3) is 0 Å². The van der Waals surface area contributed by atoms with E-state index in [0.717, 1.165) is 0 Å². The fraction of sp³-hybridized carbons (Fsp3) is 0.300. The van der Waals surface area contributed by atoms with Gasteiger partial charge >= 0.3 is 5.97 Å². The second-order valence-corrected chi connectivity index (χ2v) is 6.79. The fourth-order valence-electron chi connectivity index (χ4n) is 3.10. The molecule has 146 valence electrons. The molecule has 2 aromatic heterocycles. The van der Waals surface area contributed by atoms with E-state index >= 15 is 0 Å². The molecule has 0 bridgehead atoms. The summed E-state index contributed by atoms with van der Waals surface area (Å²) in [5.74, 6) is -0.642. The number of ether oxygens (including phenoxy) is 1. The van der Waals surface area contributed by atoms with Crippen molar-refractivity contribution in [1.29, 1.82) is 0 Å². The minimum absolute atomic E-state index is 0.111. The van der Waals surface area contributed by atoms with Gasteiger partial charge in [0.1, 0.15) is 17.3 Å². The monoisotopic (exact) mass is 384 g/mol. The van der Waals surface area contributed by atoms with E-state index < -0.39 is 11.8 Å². The molecule has 1 aromatic carbocycles. The van der Waals surface area contributed by atoms with Gasteiger partial charge in [-0.2, -0.15) is 0 Å². The molecule has 0 aliphatic rings. The largest absolute Gasteiger partial charge is 0.496 e. The number of carboxylic acids is 1. The lowest BCUT2D eigenvalue weighted by atomic mass is 10.1. The number of carboxylic acid groups (broad SMARTS) is 1. The average Bonchev–Trinajstić information content (AvgIpc) is 2.97. The van der Waals surface area contributed by atoms with Crippen LogP contribution in [-0.4, -0.2) is 37.7 Å². The molecule has 7 nitrogen and oxygen atoms in total. The Hall–Kier alpha value is -3.29. The summed E-state index contributed by atoms with van der Waals surface area (Å²) in [5.41, 5.74) is 1.33. The summed E-state index contributed by atoms with van der Waals surface area (Å²) in [4.78, 5) is 24.8. The van der Waals surface area contributed by atoms with Crippen LogP contribution >= 0.6 is 0 Å². The molecule has 0 atom stereocenters. The molecule has 0 aliphatic heterocycles. The van der Waals surface area contributed by atoms with Crippen LogP contribution in [0.3, 0.4) is 0 Å². The summed E-state index contributed by atoms with van der Waals surface area (Å²) in [6.45, 7) is 6.06. The second-order valence-electron chi connectivity index (χ2n) is 6.79. The van der Waals surface area contributed by atoms with E-state index in [1.54, 1.807) is 23.6 Å². The maximum Gasteiger partial charge on any atom is 0.354 e. The third-order valence-corrected chi connectivity index (χ3v) is 4.21. The SMILES string of the molecule is COc1cccc(F)c1-c1cncc(-c2nc(C)c(C(=O)O)n2CC(C)C)n1. The van der Waals surface area contributed by atoms with Gasteiger partial charge in [0.2, 0.25) is 0 Å². The van der Waals surface area contributed by atoms with E-state index in [2.05, 4.69) is 15.0 Å². The Morgan fingerprint density at radius 3 is 2.61 bits per heavy atom. The zero-order valence-electron chi connectivity index (χ0n) is 16.1. The summed E-state index contributed by atoms with van der Waals surface area (Å²) in [6.07, 6.45) is 2.92. The van der Waals surface area contributed by atoms with Crippen molar-refractivity contribution in [2.24, 2.45) is 5.92 Å². The predicted octanol–water partition coefficient (Wildman–Crippen LogP) is 3.82. The number of nitrogens with zero attached hydrogens (tertiary/aromatic N) is 4. The topological polar surface area (TPSA) is 90.1 Å². The maximum absolute atomic E-state index is 14.4. The minimum Gasteiger partial charge on any atom is -0.496 e. The van der Waals surface area contributed by atoms with Gasteiger partial charge in [0.05, 0.1) is 36.5 Å². The van der Waals surface area contributed by atoms with Gasteiger partial charge in [-0.25, -0.2) is 19.2 Å². The van der Waals surface area contributed by atoms with E-state index in [9.17, 15) is 14.3 Å². The van der Waals surface area contributed by atoms with Crippen molar-refractivity contribution in [2.45, 2.75) is 27.3 Å². The van der Waals surface area contributed by atoms with Crippen LogP contribution in [-0.2, 0) is 6.54 Å². The minimum atomic E-state index is -1.06. The number of aromatic nitrogens is 4. The van der Waals surface area contributed by atoms with Crippen LogP contribution < -0.4 is 4.74 Å². The number of hydrogen-bond donors (Lipinski definition) is 1. The fourth-order valence-corrected chi connectivity index (χ4v) is 3.10. The number of aryl methyl sites for hydroxylation is 1. The van der Waals surface area contributed by atoms with Gasteiger partial charge in [-0.05, 0) is 25.0 Å². The van der Waals surface area contributed by atoms with E-state index in [1.165, 1.54) is 25.6 Å². The third-order valence-electron chi connectivity index (χ3n) is 4.21. The molecule has 28 heavy (non-hydrogen) atoms. The standard InChI is InChI=1S/C20H21FN4O3/c1-11(2)10-25-18(20(26)27)12(3)23-19(25)15-9-22-8-14(24-15)17-13(21)6-5-7-16(17)28-4/h5-9,11H,10H2,1-4H3,(H,26,27). The molecule has 0 amide bonds.